The summed E-state index contributed by atoms with van der Waals surface area (Å²) in [6, 6.07) is 8.89. The minimum Gasteiger partial charge on any atom is -0.299 e. The van der Waals surface area contributed by atoms with E-state index in [0.29, 0.717) is 5.78 Å². The summed E-state index contributed by atoms with van der Waals surface area (Å²) in [5.74, 6) is 0.566. The first-order chi connectivity index (χ1) is 8.63. The Morgan fingerprint density at radius 3 is 1.94 bits per heavy atom. The second kappa shape index (κ2) is 8.07. The highest BCUT2D eigenvalue weighted by molar-refractivity contribution is 5.80. The molecule has 0 N–H and O–H groups in total. The SMILES string of the molecule is CCCCc1ccc(CCCC(=O)C(C)C)cc1. The van der Waals surface area contributed by atoms with Crippen molar-refractivity contribution in [3.63, 3.8) is 0 Å². The van der Waals surface area contributed by atoms with E-state index in [2.05, 4.69) is 31.2 Å². The minimum absolute atomic E-state index is 0.182. The van der Waals surface area contributed by atoms with E-state index in [1.807, 2.05) is 13.8 Å². The molecule has 1 aromatic carbocycles. The van der Waals surface area contributed by atoms with Crippen molar-refractivity contribution in [3.05, 3.63) is 35.4 Å². The van der Waals surface area contributed by atoms with Crippen LogP contribution in [0.25, 0.3) is 0 Å². The van der Waals surface area contributed by atoms with Crippen LogP contribution in [0.5, 0.6) is 0 Å². The summed E-state index contributed by atoms with van der Waals surface area (Å²) in [6.45, 7) is 6.18. The van der Waals surface area contributed by atoms with Gasteiger partial charge in [0.25, 0.3) is 0 Å². The van der Waals surface area contributed by atoms with Crippen LogP contribution in [0.2, 0.25) is 0 Å². The van der Waals surface area contributed by atoms with E-state index in [1.165, 1.54) is 30.4 Å². The molecule has 0 saturated carbocycles. The average Bonchev–Trinajstić information content (AvgIpc) is 2.37. The van der Waals surface area contributed by atoms with Gasteiger partial charge < -0.3 is 0 Å². The number of benzene rings is 1. The number of aryl methyl sites for hydroxylation is 2. The molecule has 0 aliphatic heterocycles. The molecule has 0 saturated heterocycles. The first-order valence-electron chi connectivity index (χ1n) is 7.24. The molecule has 1 aromatic rings. The average molecular weight is 246 g/mol. The summed E-state index contributed by atoms with van der Waals surface area (Å²) >= 11 is 0. The first-order valence-corrected chi connectivity index (χ1v) is 7.24. The minimum atomic E-state index is 0.182. The number of unbranched alkanes of at least 4 members (excludes halogenated alkanes) is 1. The highest BCUT2D eigenvalue weighted by atomic mass is 16.1. The Morgan fingerprint density at radius 2 is 1.50 bits per heavy atom. The van der Waals surface area contributed by atoms with E-state index in [-0.39, 0.29) is 5.92 Å². The Labute approximate surface area is 112 Å². The zero-order chi connectivity index (χ0) is 13.4. The predicted octanol–water partition coefficient (Wildman–Crippen LogP) is 4.58. The maximum Gasteiger partial charge on any atom is 0.135 e. The first kappa shape index (κ1) is 14.9. The maximum absolute atomic E-state index is 11.5. The smallest absolute Gasteiger partial charge is 0.135 e. The highest BCUT2D eigenvalue weighted by Crippen LogP contribution is 2.11. The van der Waals surface area contributed by atoms with E-state index in [9.17, 15) is 4.79 Å². The number of carbonyl (C=O) groups excluding carboxylic acids is 1. The number of hydrogen-bond acceptors (Lipinski definition) is 1. The molecule has 1 heteroatoms. The molecule has 0 aliphatic carbocycles. The molecule has 0 spiro atoms. The van der Waals surface area contributed by atoms with E-state index in [0.717, 1.165) is 19.3 Å². The quantitative estimate of drug-likeness (QED) is 0.656. The molecule has 0 aromatic heterocycles. The molecule has 0 atom stereocenters. The lowest BCUT2D eigenvalue weighted by Gasteiger charge is -2.05. The Kier molecular flexibility index (Phi) is 6.70. The van der Waals surface area contributed by atoms with Crippen molar-refractivity contribution in [2.75, 3.05) is 0 Å². The summed E-state index contributed by atoms with van der Waals surface area (Å²) in [4.78, 5) is 11.5. The van der Waals surface area contributed by atoms with E-state index >= 15 is 0 Å². The number of Topliss-reactive ketones (excluding diaryl/α,β-unsaturated/α-hetero) is 1. The molecule has 0 bridgehead atoms. The fraction of sp³-hybridized carbons (Fsp3) is 0.588. The van der Waals surface area contributed by atoms with E-state index in [4.69, 9.17) is 0 Å². The molecule has 0 amide bonds. The second-order valence-electron chi connectivity index (χ2n) is 5.39. The lowest BCUT2D eigenvalue weighted by molar-refractivity contribution is -0.121. The Balaban J connectivity index is 2.33. The Hall–Kier alpha value is -1.11. The van der Waals surface area contributed by atoms with Crippen molar-refractivity contribution in [3.8, 4) is 0 Å². The molecule has 0 unspecified atom stereocenters. The molecular formula is C17H26O. The van der Waals surface area contributed by atoms with Crippen molar-refractivity contribution in [1.82, 2.24) is 0 Å². The van der Waals surface area contributed by atoms with Crippen LogP contribution >= 0.6 is 0 Å². The molecule has 1 rings (SSSR count). The molecule has 0 fully saturated rings. The summed E-state index contributed by atoms with van der Waals surface area (Å²) in [5, 5.41) is 0. The molecule has 0 aliphatic rings. The summed E-state index contributed by atoms with van der Waals surface area (Å²) < 4.78 is 0. The predicted molar refractivity (Wildman–Crippen MR) is 77.8 cm³/mol. The van der Waals surface area contributed by atoms with Crippen LogP contribution in [0, 0.1) is 5.92 Å². The topological polar surface area (TPSA) is 17.1 Å². The number of carbonyl (C=O) groups is 1. The third-order valence-electron chi connectivity index (χ3n) is 3.37. The van der Waals surface area contributed by atoms with Gasteiger partial charge in [0.1, 0.15) is 5.78 Å². The number of hydrogen-bond donors (Lipinski definition) is 0. The zero-order valence-corrected chi connectivity index (χ0v) is 12.0. The van der Waals surface area contributed by atoms with Gasteiger partial charge in [-0.1, -0.05) is 51.5 Å². The fourth-order valence-electron chi connectivity index (χ4n) is 2.01. The second-order valence-corrected chi connectivity index (χ2v) is 5.39. The van der Waals surface area contributed by atoms with Gasteiger partial charge in [-0.25, -0.2) is 0 Å². The van der Waals surface area contributed by atoms with Crippen LogP contribution in [0.1, 0.15) is 57.6 Å². The van der Waals surface area contributed by atoms with Gasteiger partial charge >= 0.3 is 0 Å². The van der Waals surface area contributed by atoms with Crippen molar-refractivity contribution >= 4 is 5.78 Å². The van der Waals surface area contributed by atoms with Gasteiger partial charge in [-0.05, 0) is 36.8 Å². The Bertz CT molecular complexity index is 348. The van der Waals surface area contributed by atoms with Gasteiger partial charge in [-0.2, -0.15) is 0 Å². The lowest BCUT2D eigenvalue weighted by Crippen LogP contribution is -2.06. The molecule has 100 valence electrons. The molecule has 0 radical (unpaired) electrons. The van der Waals surface area contributed by atoms with Crippen molar-refractivity contribution in [2.24, 2.45) is 5.92 Å². The van der Waals surface area contributed by atoms with Gasteiger partial charge in [-0.15, -0.1) is 0 Å². The fourth-order valence-corrected chi connectivity index (χ4v) is 2.01. The van der Waals surface area contributed by atoms with Crippen LogP contribution in [0.3, 0.4) is 0 Å². The zero-order valence-electron chi connectivity index (χ0n) is 12.0. The molecule has 18 heavy (non-hydrogen) atoms. The van der Waals surface area contributed by atoms with E-state index in [1.54, 1.807) is 0 Å². The van der Waals surface area contributed by atoms with Gasteiger partial charge in [0.2, 0.25) is 0 Å². The Morgan fingerprint density at radius 1 is 1.00 bits per heavy atom. The standard InChI is InChI=1S/C17H26O/c1-4-5-7-15-10-12-16(13-11-15)8-6-9-17(18)14(2)3/h10-14H,4-9H2,1-3H3. The number of rotatable bonds is 8. The maximum atomic E-state index is 11.5. The van der Waals surface area contributed by atoms with Crippen LogP contribution < -0.4 is 0 Å². The van der Waals surface area contributed by atoms with Gasteiger partial charge in [-0.3, -0.25) is 4.79 Å². The van der Waals surface area contributed by atoms with Crippen LogP contribution in [0.4, 0.5) is 0 Å². The molecule has 1 nitrogen and oxygen atoms in total. The lowest BCUT2D eigenvalue weighted by atomic mass is 10.00. The summed E-state index contributed by atoms with van der Waals surface area (Å²) in [5.41, 5.74) is 2.78. The number of ketones is 1. The van der Waals surface area contributed by atoms with Crippen molar-refractivity contribution < 1.29 is 4.79 Å². The molecular weight excluding hydrogens is 220 g/mol. The normalized spacial score (nSPS) is 10.9. The van der Waals surface area contributed by atoms with Crippen molar-refractivity contribution in [1.29, 1.82) is 0 Å². The monoisotopic (exact) mass is 246 g/mol. The third-order valence-corrected chi connectivity index (χ3v) is 3.37. The highest BCUT2D eigenvalue weighted by Gasteiger charge is 2.06. The van der Waals surface area contributed by atoms with Gasteiger partial charge in [0, 0.05) is 12.3 Å². The van der Waals surface area contributed by atoms with E-state index < -0.39 is 0 Å². The van der Waals surface area contributed by atoms with Crippen molar-refractivity contribution in [2.45, 2.75) is 59.3 Å². The van der Waals surface area contributed by atoms with Crippen LogP contribution in [-0.2, 0) is 17.6 Å². The molecule has 0 heterocycles. The summed E-state index contributed by atoms with van der Waals surface area (Å²) in [7, 11) is 0. The van der Waals surface area contributed by atoms with Gasteiger partial charge in [0.15, 0.2) is 0 Å². The third kappa shape index (κ3) is 5.48. The largest absolute Gasteiger partial charge is 0.299 e. The summed E-state index contributed by atoms with van der Waals surface area (Å²) in [6.07, 6.45) is 6.41. The van der Waals surface area contributed by atoms with Gasteiger partial charge in [0.05, 0.1) is 0 Å². The van der Waals surface area contributed by atoms with Crippen LogP contribution in [-0.4, -0.2) is 5.78 Å². The van der Waals surface area contributed by atoms with Crippen LogP contribution in [0.15, 0.2) is 24.3 Å².